The van der Waals surface area contributed by atoms with Gasteiger partial charge in [0.05, 0.1) is 6.42 Å². The molecule has 0 spiro atoms. The lowest BCUT2D eigenvalue weighted by atomic mass is 9.78. The van der Waals surface area contributed by atoms with E-state index in [1.54, 1.807) is 0 Å². The molecule has 2 aliphatic carbocycles. The van der Waals surface area contributed by atoms with Crippen LogP contribution in [0.15, 0.2) is 0 Å². The van der Waals surface area contributed by atoms with Gasteiger partial charge in [0.25, 0.3) is 0 Å². The minimum atomic E-state index is -0.763. The van der Waals surface area contributed by atoms with Gasteiger partial charge in [-0.1, -0.05) is 0 Å². The van der Waals surface area contributed by atoms with Gasteiger partial charge in [-0.2, -0.15) is 0 Å². The number of aromatic hydroxyl groups is 1. The van der Waals surface area contributed by atoms with Gasteiger partial charge in [0.15, 0.2) is 0 Å². The van der Waals surface area contributed by atoms with Crippen LogP contribution in [-0.2, 0) is 17.6 Å². The summed E-state index contributed by atoms with van der Waals surface area (Å²) in [5, 5.41) is 19.9. The van der Waals surface area contributed by atoms with Crippen molar-refractivity contribution in [3.63, 3.8) is 0 Å². The van der Waals surface area contributed by atoms with Crippen LogP contribution in [0.4, 0.5) is 0 Å². The van der Waals surface area contributed by atoms with E-state index in [9.17, 15) is 15.0 Å². The van der Waals surface area contributed by atoms with Crippen LogP contribution in [0.25, 0.3) is 0 Å². The normalized spacial score (nSPS) is 19.1. The number of benzene rings is 1. The van der Waals surface area contributed by atoms with Gasteiger partial charge in [-0.3, -0.25) is 4.79 Å². The average Bonchev–Trinajstić information content (AvgIpc) is 3.28. The van der Waals surface area contributed by atoms with E-state index < -0.39 is 5.97 Å². The summed E-state index contributed by atoms with van der Waals surface area (Å²) in [4.78, 5) is 11.2. The van der Waals surface area contributed by atoms with Crippen molar-refractivity contribution in [3.8, 4) is 5.75 Å². The molecule has 21 heavy (non-hydrogen) atoms. The number of carboxylic acids is 1. The lowest BCUT2D eigenvalue weighted by molar-refractivity contribution is -0.137. The van der Waals surface area contributed by atoms with Crippen molar-refractivity contribution in [2.24, 2.45) is 5.92 Å². The van der Waals surface area contributed by atoms with Gasteiger partial charge >= 0.3 is 5.97 Å². The molecule has 1 unspecified atom stereocenters. The first-order valence-electron chi connectivity index (χ1n) is 8.06. The lowest BCUT2D eigenvalue weighted by Crippen LogP contribution is -2.15. The zero-order chi connectivity index (χ0) is 15.1. The Labute approximate surface area is 126 Å². The molecule has 3 nitrogen and oxygen atoms in total. The lowest BCUT2D eigenvalue weighted by Gasteiger charge is -2.28. The average molecular weight is 288 g/mol. The van der Waals surface area contributed by atoms with E-state index in [1.165, 1.54) is 24.0 Å². The second-order valence-electron chi connectivity index (χ2n) is 6.72. The molecule has 0 aromatic heterocycles. The molecular formula is C18H24O3. The molecule has 2 aliphatic rings. The fourth-order valence-corrected chi connectivity index (χ4v) is 4.06. The highest BCUT2D eigenvalue weighted by molar-refractivity contribution is 5.69. The molecule has 0 amide bonds. The molecule has 2 N–H and O–H groups in total. The molecule has 1 aromatic carbocycles. The molecule has 1 aromatic rings. The Morgan fingerprint density at radius 3 is 2.24 bits per heavy atom. The second kappa shape index (κ2) is 5.36. The molecule has 3 heteroatoms. The van der Waals surface area contributed by atoms with Crippen molar-refractivity contribution in [2.75, 3.05) is 0 Å². The van der Waals surface area contributed by atoms with Crippen LogP contribution >= 0.6 is 0 Å². The van der Waals surface area contributed by atoms with E-state index in [0.717, 1.165) is 42.4 Å². The van der Waals surface area contributed by atoms with Crippen molar-refractivity contribution in [2.45, 2.75) is 64.7 Å². The first-order chi connectivity index (χ1) is 10.0. The highest BCUT2D eigenvalue weighted by atomic mass is 16.4. The Kier molecular flexibility index (Phi) is 3.68. The van der Waals surface area contributed by atoms with E-state index in [1.807, 2.05) is 6.92 Å². The van der Waals surface area contributed by atoms with Crippen LogP contribution in [0.2, 0.25) is 0 Å². The van der Waals surface area contributed by atoms with Gasteiger partial charge in [0, 0.05) is 11.5 Å². The van der Waals surface area contributed by atoms with Crippen molar-refractivity contribution < 1.29 is 15.0 Å². The van der Waals surface area contributed by atoms with Crippen molar-refractivity contribution in [3.05, 3.63) is 27.8 Å². The Hall–Kier alpha value is -1.51. The predicted molar refractivity (Wildman–Crippen MR) is 81.9 cm³/mol. The van der Waals surface area contributed by atoms with Crippen LogP contribution in [0.5, 0.6) is 5.75 Å². The maximum Gasteiger partial charge on any atom is 0.303 e. The molecule has 1 fully saturated rings. The van der Waals surface area contributed by atoms with Crippen LogP contribution in [0, 0.1) is 19.8 Å². The first kappa shape index (κ1) is 14.4. The molecule has 0 heterocycles. The summed E-state index contributed by atoms with van der Waals surface area (Å²) < 4.78 is 0. The monoisotopic (exact) mass is 288 g/mol. The van der Waals surface area contributed by atoms with Crippen molar-refractivity contribution in [1.29, 1.82) is 0 Å². The summed E-state index contributed by atoms with van der Waals surface area (Å²) >= 11 is 0. The Morgan fingerprint density at radius 2 is 1.71 bits per heavy atom. The molecular weight excluding hydrogens is 264 g/mol. The fourth-order valence-electron chi connectivity index (χ4n) is 4.06. The summed E-state index contributed by atoms with van der Waals surface area (Å²) in [5.41, 5.74) is 5.76. The van der Waals surface area contributed by atoms with E-state index in [4.69, 9.17) is 0 Å². The molecule has 0 aliphatic heterocycles. The molecule has 1 saturated carbocycles. The third-order valence-electron chi connectivity index (χ3n) is 5.34. The number of phenols is 1. The SMILES string of the molecule is Cc1c(O)c(C(CC(=O)O)C2CC2)c(C)c2c1CCCC2. The Balaban J connectivity index is 2.12. The second-order valence-corrected chi connectivity index (χ2v) is 6.72. The van der Waals surface area contributed by atoms with E-state index >= 15 is 0 Å². The number of aliphatic carboxylic acids is 1. The zero-order valence-corrected chi connectivity index (χ0v) is 12.9. The summed E-state index contributed by atoms with van der Waals surface area (Å²) in [6.07, 6.45) is 6.82. The summed E-state index contributed by atoms with van der Waals surface area (Å²) in [6, 6.07) is 0. The minimum absolute atomic E-state index is 0.0200. The van der Waals surface area contributed by atoms with Crippen LogP contribution in [-0.4, -0.2) is 16.2 Å². The summed E-state index contributed by atoms with van der Waals surface area (Å²) in [5.74, 6) is 0.0209. The number of hydrogen-bond donors (Lipinski definition) is 2. The molecule has 114 valence electrons. The third kappa shape index (κ3) is 2.54. The smallest absolute Gasteiger partial charge is 0.303 e. The number of rotatable bonds is 4. The molecule has 0 saturated heterocycles. The Bertz CT molecular complexity index is 585. The van der Waals surface area contributed by atoms with Crippen LogP contribution in [0.1, 0.15) is 65.8 Å². The van der Waals surface area contributed by atoms with Gasteiger partial charge in [-0.25, -0.2) is 0 Å². The summed E-state index contributed by atoms with van der Waals surface area (Å²) in [7, 11) is 0. The van der Waals surface area contributed by atoms with Crippen LogP contribution < -0.4 is 0 Å². The van der Waals surface area contributed by atoms with Gasteiger partial charge in [0.2, 0.25) is 0 Å². The summed E-state index contributed by atoms with van der Waals surface area (Å²) in [6.45, 7) is 4.07. The molecule has 3 rings (SSSR count). The molecule has 0 radical (unpaired) electrons. The van der Waals surface area contributed by atoms with Crippen molar-refractivity contribution in [1.82, 2.24) is 0 Å². The Morgan fingerprint density at radius 1 is 1.14 bits per heavy atom. The predicted octanol–water partition coefficient (Wildman–Crippen LogP) is 3.86. The number of carboxylic acid groups (broad SMARTS) is 1. The number of hydrogen-bond acceptors (Lipinski definition) is 2. The fraction of sp³-hybridized carbons (Fsp3) is 0.611. The largest absolute Gasteiger partial charge is 0.507 e. The van der Waals surface area contributed by atoms with Crippen molar-refractivity contribution >= 4 is 5.97 Å². The van der Waals surface area contributed by atoms with E-state index in [2.05, 4.69) is 6.92 Å². The third-order valence-corrected chi connectivity index (χ3v) is 5.34. The standard InChI is InChI=1S/C18H24O3/c1-10-13-5-3-4-6-14(13)11(2)18(21)17(10)15(9-16(19)20)12-7-8-12/h12,15,21H,3-9H2,1-2H3,(H,19,20). The molecule has 1 atom stereocenters. The zero-order valence-electron chi connectivity index (χ0n) is 12.9. The van der Waals surface area contributed by atoms with Gasteiger partial charge in [-0.15, -0.1) is 0 Å². The number of fused-ring (bicyclic) bond motifs is 1. The van der Waals surface area contributed by atoms with E-state index in [0.29, 0.717) is 11.7 Å². The number of carbonyl (C=O) groups is 1. The maximum absolute atomic E-state index is 11.2. The maximum atomic E-state index is 11.2. The molecule has 0 bridgehead atoms. The number of phenolic OH excluding ortho intramolecular Hbond substituents is 1. The van der Waals surface area contributed by atoms with Gasteiger partial charge in [0.1, 0.15) is 5.75 Å². The van der Waals surface area contributed by atoms with Gasteiger partial charge in [-0.05, 0) is 80.5 Å². The van der Waals surface area contributed by atoms with Gasteiger partial charge < -0.3 is 10.2 Å². The highest BCUT2D eigenvalue weighted by Crippen LogP contribution is 2.50. The highest BCUT2D eigenvalue weighted by Gasteiger charge is 2.37. The van der Waals surface area contributed by atoms with E-state index in [-0.39, 0.29) is 12.3 Å². The quantitative estimate of drug-likeness (QED) is 0.884. The first-order valence-corrected chi connectivity index (χ1v) is 8.06. The topological polar surface area (TPSA) is 57.5 Å². The van der Waals surface area contributed by atoms with Crippen LogP contribution in [0.3, 0.4) is 0 Å². The minimum Gasteiger partial charge on any atom is -0.507 e.